The molecule has 0 unspecified atom stereocenters. The van der Waals surface area contributed by atoms with Gasteiger partial charge in [-0.15, -0.1) is 0 Å². The van der Waals surface area contributed by atoms with Gasteiger partial charge in [0.25, 0.3) is 5.91 Å². The Kier molecular flexibility index (Phi) is 8.00. The molecular weight excluding hydrogens is 552 g/mol. The van der Waals surface area contributed by atoms with Crippen LogP contribution >= 0.6 is 39.3 Å². The van der Waals surface area contributed by atoms with Crippen molar-refractivity contribution in [2.24, 2.45) is 5.10 Å². The number of methoxy groups -OCH3 is 1. The van der Waals surface area contributed by atoms with Gasteiger partial charge >= 0.3 is 0 Å². The van der Waals surface area contributed by atoms with E-state index in [0.717, 1.165) is 16.6 Å². The van der Waals surface area contributed by atoms with E-state index in [1.54, 1.807) is 19.1 Å². The fraction of sp³-hybridized carbons (Fsp3) is 0.160. The molecule has 4 rings (SSSR count). The van der Waals surface area contributed by atoms with Crippen LogP contribution in [0.5, 0.6) is 11.5 Å². The van der Waals surface area contributed by atoms with Gasteiger partial charge in [-0.3, -0.25) is 4.79 Å². The first kappa shape index (κ1) is 25.1. The smallest absolute Gasteiger partial charge is 0.250 e. The molecule has 1 aromatic heterocycles. The van der Waals surface area contributed by atoms with Gasteiger partial charge in [0.1, 0.15) is 0 Å². The minimum atomic E-state index is -0.268. The van der Waals surface area contributed by atoms with E-state index in [1.165, 1.54) is 18.9 Å². The van der Waals surface area contributed by atoms with Crippen molar-refractivity contribution in [1.82, 2.24) is 15.0 Å². The number of thioether (sulfide) groups is 1. The first-order valence-electron chi connectivity index (χ1n) is 10.6. The van der Waals surface area contributed by atoms with E-state index in [0.29, 0.717) is 38.2 Å². The van der Waals surface area contributed by atoms with Crippen molar-refractivity contribution in [3.63, 3.8) is 0 Å². The van der Waals surface area contributed by atoms with Crippen molar-refractivity contribution in [2.75, 3.05) is 12.9 Å². The predicted molar refractivity (Wildman–Crippen MR) is 144 cm³/mol. The van der Waals surface area contributed by atoms with Crippen LogP contribution in [0, 0.1) is 0 Å². The number of hydrogen-bond acceptors (Lipinski definition) is 6. The molecule has 0 atom stereocenters. The molecule has 1 amide bonds. The Bertz CT molecular complexity index is 1420. The monoisotopic (exact) mass is 572 g/mol. The molecule has 0 saturated carbocycles. The standard InChI is InChI=1S/C25H22BrClN4O3S/c1-15(17-11-18(26)24(33)22(12-17)34-2)29-30-23(32)14-35-25-28-20-9-5-6-10-21(20)31(25)13-16-7-3-4-8-19(16)27/h3-12,33H,13-14H2,1-2H3,(H,30,32)/b29-15-. The van der Waals surface area contributed by atoms with Gasteiger partial charge in [0, 0.05) is 10.6 Å². The highest BCUT2D eigenvalue weighted by atomic mass is 79.9. The maximum absolute atomic E-state index is 12.6. The average Bonchev–Trinajstić information content (AvgIpc) is 3.21. The second kappa shape index (κ2) is 11.2. The number of aromatic nitrogens is 2. The van der Waals surface area contributed by atoms with Crippen molar-refractivity contribution in [1.29, 1.82) is 0 Å². The lowest BCUT2D eigenvalue weighted by molar-refractivity contribution is -0.118. The molecule has 0 saturated heterocycles. The fourth-order valence-corrected chi connectivity index (χ4v) is 4.87. The van der Waals surface area contributed by atoms with Crippen LogP contribution in [0.2, 0.25) is 5.02 Å². The van der Waals surface area contributed by atoms with Crippen LogP contribution < -0.4 is 10.2 Å². The maximum Gasteiger partial charge on any atom is 0.250 e. The summed E-state index contributed by atoms with van der Waals surface area (Å²) >= 11 is 11.0. The lowest BCUT2D eigenvalue weighted by Gasteiger charge is -2.10. The third-order valence-electron chi connectivity index (χ3n) is 5.25. The molecule has 1 heterocycles. The number of phenols is 1. The Morgan fingerprint density at radius 3 is 2.74 bits per heavy atom. The number of imidazole rings is 1. The molecule has 2 N–H and O–H groups in total. The number of benzene rings is 3. The lowest BCUT2D eigenvalue weighted by atomic mass is 10.1. The third-order valence-corrected chi connectivity index (χ3v) is 7.20. The molecule has 7 nitrogen and oxygen atoms in total. The Labute approximate surface area is 220 Å². The van der Waals surface area contributed by atoms with Crippen LogP contribution in [0.15, 0.2) is 75.4 Å². The molecule has 35 heavy (non-hydrogen) atoms. The van der Waals surface area contributed by atoms with Gasteiger partial charge in [-0.05, 0) is 58.7 Å². The number of carbonyl (C=O) groups is 1. The summed E-state index contributed by atoms with van der Waals surface area (Å²) < 4.78 is 7.70. The zero-order valence-corrected chi connectivity index (χ0v) is 22.1. The summed E-state index contributed by atoms with van der Waals surface area (Å²) in [6, 6.07) is 18.9. The van der Waals surface area contributed by atoms with Crippen molar-refractivity contribution in [3.05, 3.63) is 81.3 Å². The van der Waals surface area contributed by atoms with Gasteiger partial charge < -0.3 is 14.4 Å². The number of phenolic OH excluding ortho intramolecular Hbond substituents is 1. The number of rotatable bonds is 8. The Hall–Kier alpha value is -3.01. The van der Waals surface area contributed by atoms with Gasteiger partial charge in [-0.25, -0.2) is 10.4 Å². The zero-order chi connectivity index (χ0) is 24.9. The van der Waals surface area contributed by atoms with Gasteiger partial charge in [0.2, 0.25) is 0 Å². The number of carbonyl (C=O) groups excluding carboxylic acids is 1. The van der Waals surface area contributed by atoms with Crippen molar-refractivity contribution in [3.8, 4) is 11.5 Å². The largest absolute Gasteiger partial charge is 0.503 e. The van der Waals surface area contributed by atoms with Crippen LogP contribution in [0.3, 0.4) is 0 Å². The molecule has 0 radical (unpaired) electrons. The third kappa shape index (κ3) is 5.80. The molecule has 0 aliphatic carbocycles. The van der Waals surface area contributed by atoms with E-state index in [4.69, 9.17) is 21.3 Å². The topological polar surface area (TPSA) is 88.7 Å². The van der Waals surface area contributed by atoms with E-state index in [9.17, 15) is 9.90 Å². The number of aromatic hydroxyl groups is 1. The van der Waals surface area contributed by atoms with Crippen molar-refractivity contribution < 1.29 is 14.6 Å². The second-order valence-electron chi connectivity index (χ2n) is 7.59. The highest BCUT2D eigenvalue weighted by Crippen LogP contribution is 2.35. The van der Waals surface area contributed by atoms with Crippen LogP contribution in [-0.2, 0) is 11.3 Å². The molecule has 0 aliphatic rings. The Morgan fingerprint density at radius 2 is 1.97 bits per heavy atom. The van der Waals surface area contributed by atoms with Gasteiger partial charge in [-0.2, -0.15) is 5.10 Å². The predicted octanol–water partition coefficient (Wildman–Crippen LogP) is 5.85. The van der Waals surface area contributed by atoms with E-state index in [2.05, 4.69) is 31.0 Å². The number of halogens is 2. The molecule has 3 aromatic carbocycles. The number of hydrogen-bond donors (Lipinski definition) is 2. The lowest BCUT2D eigenvalue weighted by Crippen LogP contribution is -2.21. The number of ether oxygens (including phenoxy) is 1. The quantitative estimate of drug-likeness (QED) is 0.157. The second-order valence-corrected chi connectivity index (χ2v) is 9.79. The highest BCUT2D eigenvalue weighted by Gasteiger charge is 2.15. The van der Waals surface area contributed by atoms with Gasteiger partial charge in [-0.1, -0.05) is 53.7 Å². The molecular formula is C25H22BrClN4O3S. The van der Waals surface area contributed by atoms with Crippen LogP contribution in [-0.4, -0.2) is 39.1 Å². The molecule has 0 bridgehead atoms. The summed E-state index contributed by atoms with van der Waals surface area (Å²) in [7, 11) is 1.47. The number of para-hydroxylation sites is 2. The number of nitrogens with one attached hydrogen (secondary N) is 1. The normalized spacial score (nSPS) is 11.6. The Balaban J connectivity index is 1.48. The van der Waals surface area contributed by atoms with Gasteiger partial charge in [0.05, 0.1) is 40.6 Å². The number of amides is 1. The maximum atomic E-state index is 12.6. The van der Waals surface area contributed by atoms with Crippen LogP contribution in [0.1, 0.15) is 18.1 Å². The average molecular weight is 574 g/mol. The summed E-state index contributed by atoms with van der Waals surface area (Å²) in [5.41, 5.74) is 6.64. The number of hydrazone groups is 1. The molecule has 180 valence electrons. The van der Waals surface area contributed by atoms with Crippen molar-refractivity contribution >= 4 is 61.9 Å². The molecule has 0 spiro atoms. The molecule has 0 aliphatic heterocycles. The first-order valence-corrected chi connectivity index (χ1v) is 12.7. The summed E-state index contributed by atoms with van der Waals surface area (Å²) in [6.45, 7) is 2.30. The summed E-state index contributed by atoms with van der Waals surface area (Å²) in [4.78, 5) is 17.3. The number of fused-ring (bicyclic) bond motifs is 1. The summed E-state index contributed by atoms with van der Waals surface area (Å²) in [5.74, 6) is 0.175. The number of nitrogens with zero attached hydrogens (tertiary/aromatic N) is 3. The zero-order valence-electron chi connectivity index (χ0n) is 19.0. The minimum Gasteiger partial charge on any atom is -0.503 e. The first-order chi connectivity index (χ1) is 16.9. The van der Waals surface area contributed by atoms with Crippen LogP contribution in [0.4, 0.5) is 0 Å². The minimum absolute atomic E-state index is 0.00386. The summed E-state index contributed by atoms with van der Waals surface area (Å²) in [6.07, 6.45) is 0. The highest BCUT2D eigenvalue weighted by molar-refractivity contribution is 9.10. The van der Waals surface area contributed by atoms with Crippen molar-refractivity contribution in [2.45, 2.75) is 18.6 Å². The van der Waals surface area contributed by atoms with E-state index in [-0.39, 0.29) is 17.4 Å². The SMILES string of the molecule is COc1cc(/C(C)=N\NC(=O)CSc2nc3ccccc3n2Cc2ccccc2Cl)cc(Br)c1O. The Morgan fingerprint density at radius 1 is 1.23 bits per heavy atom. The van der Waals surface area contributed by atoms with E-state index in [1.807, 2.05) is 48.5 Å². The molecule has 10 heteroatoms. The summed E-state index contributed by atoms with van der Waals surface area (Å²) in [5, 5.41) is 15.6. The van der Waals surface area contributed by atoms with E-state index >= 15 is 0 Å². The molecule has 4 aromatic rings. The molecule has 0 fully saturated rings. The van der Waals surface area contributed by atoms with E-state index < -0.39 is 0 Å². The fourth-order valence-electron chi connectivity index (χ4n) is 3.42. The van der Waals surface area contributed by atoms with Gasteiger partial charge in [0.15, 0.2) is 16.7 Å². The van der Waals surface area contributed by atoms with Crippen LogP contribution in [0.25, 0.3) is 11.0 Å².